The van der Waals surface area contributed by atoms with Gasteiger partial charge in [-0.3, -0.25) is 9.69 Å². The zero-order chi connectivity index (χ0) is 20.3. The number of aliphatic imine (C=N–C) groups is 1. The van der Waals surface area contributed by atoms with E-state index in [1.165, 1.54) is 17.8 Å². The van der Waals surface area contributed by atoms with Crippen LogP contribution in [0, 0.1) is 0 Å². The van der Waals surface area contributed by atoms with Crippen molar-refractivity contribution in [3.8, 4) is 11.5 Å². The van der Waals surface area contributed by atoms with Crippen LogP contribution in [-0.2, 0) is 4.79 Å². The summed E-state index contributed by atoms with van der Waals surface area (Å²) in [4.78, 5) is 19.3. The fraction of sp³-hybridized carbons (Fsp3) is 0.200. The first-order valence-corrected chi connectivity index (χ1v) is 10.2. The number of amidine groups is 1. The molecule has 5 nitrogen and oxygen atoms in total. The van der Waals surface area contributed by atoms with Crippen molar-refractivity contribution in [3.05, 3.63) is 56.9 Å². The lowest BCUT2D eigenvalue weighted by Crippen LogP contribution is -2.28. The van der Waals surface area contributed by atoms with Gasteiger partial charge in [0.05, 0.1) is 22.2 Å². The lowest BCUT2D eigenvalue weighted by atomic mass is 10.2. The maximum atomic E-state index is 12.8. The summed E-state index contributed by atoms with van der Waals surface area (Å²) < 4.78 is 5.43. The Morgan fingerprint density at radius 2 is 1.93 bits per heavy atom. The highest BCUT2D eigenvalue weighted by Crippen LogP contribution is 2.38. The maximum Gasteiger partial charge on any atom is 0.266 e. The first-order chi connectivity index (χ1) is 13.4. The number of ether oxygens (including phenoxy) is 1. The predicted molar refractivity (Wildman–Crippen MR) is 116 cm³/mol. The summed E-state index contributed by atoms with van der Waals surface area (Å²) in [7, 11) is 0. The molecule has 28 heavy (non-hydrogen) atoms. The van der Waals surface area contributed by atoms with Crippen LogP contribution < -0.4 is 4.74 Å². The third-order valence-corrected chi connectivity index (χ3v) is 5.43. The molecule has 3 rings (SSSR count). The maximum absolute atomic E-state index is 12.8. The second-order valence-corrected chi connectivity index (χ2v) is 7.66. The van der Waals surface area contributed by atoms with Gasteiger partial charge in [0, 0.05) is 17.1 Å². The summed E-state index contributed by atoms with van der Waals surface area (Å²) in [5, 5.41) is 11.2. The van der Waals surface area contributed by atoms with E-state index in [0.717, 1.165) is 5.75 Å². The van der Waals surface area contributed by atoms with E-state index in [4.69, 9.17) is 27.9 Å². The van der Waals surface area contributed by atoms with Crippen LogP contribution >= 0.6 is 35.0 Å². The van der Waals surface area contributed by atoms with Crippen LogP contribution in [0.15, 0.2) is 46.3 Å². The first kappa shape index (κ1) is 20.6. The van der Waals surface area contributed by atoms with E-state index in [2.05, 4.69) is 4.99 Å². The van der Waals surface area contributed by atoms with Gasteiger partial charge in [0.25, 0.3) is 5.91 Å². The minimum absolute atomic E-state index is 0.119. The van der Waals surface area contributed by atoms with Crippen molar-refractivity contribution in [3.63, 3.8) is 0 Å². The van der Waals surface area contributed by atoms with E-state index in [0.29, 0.717) is 39.5 Å². The number of nitrogens with zero attached hydrogens (tertiary/aromatic N) is 2. The number of hydrogen-bond acceptors (Lipinski definition) is 5. The molecule has 2 aromatic carbocycles. The lowest BCUT2D eigenvalue weighted by Gasteiger charge is -2.12. The van der Waals surface area contributed by atoms with Crippen molar-refractivity contribution in [1.82, 2.24) is 4.90 Å². The average Bonchev–Trinajstić information content (AvgIpc) is 2.95. The fourth-order valence-corrected chi connectivity index (χ4v) is 4.16. The van der Waals surface area contributed by atoms with E-state index in [9.17, 15) is 9.90 Å². The molecule has 0 spiro atoms. The molecule has 0 bridgehead atoms. The number of benzene rings is 2. The highest BCUT2D eigenvalue weighted by atomic mass is 35.5. The van der Waals surface area contributed by atoms with Crippen molar-refractivity contribution in [2.45, 2.75) is 13.8 Å². The average molecular weight is 437 g/mol. The molecule has 1 aliphatic heterocycles. The number of rotatable bonds is 5. The van der Waals surface area contributed by atoms with Gasteiger partial charge in [-0.05, 0) is 68.1 Å². The number of hydrogen-bond donors (Lipinski definition) is 1. The summed E-state index contributed by atoms with van der Waals surface area (Å²) in [6, 6.07) is 10.3. The van der Waals surface area contributed by atoms with Gasteiger partial charge < -0.3 is 9.84 Å². The van der Waals surface area contributed by atoms with Crippen LogP contribution in [0.25, 0.3) is 6.08 Å². The Morgan fingerprint density at radius 1 is 1.21 bits per heavy atom. The number of halogens is 2. The van der Waals surface area contributed by atoms with Crippen molar-refractivity contribution >= 4 is 57.8 Å². The van der Waals surface area contributed by atoms with Crippen molar-refractivity contribution < 1.29 is 14.6 Å². The summed E-state index contributed by atoms with van der Waals surface area (Å²) in [6.45, 7) is 4.87. The molecule has 1 heterocycles. The highest BCUT2D eigenvalue weighted by molar-refractivity contribution is 8.18. The Kier molecular flexibility index (Phi) is 6.54. The molecule has 1 fully saturated rings. The van der Waals surface area contributed by atoms with E-state index < -0.39 is 0 Å². The molecule has 0 aromatic heterocycles. The van der Waals surface area contributed by atoms with Gasteiger partial charge in [0.1, 0.15) is 11.5 Å². The van der Waals surface area contributed by atoms with Gasteiger partial charge in [-0.1, -0.05) is 23.2 Å². The van der Waals surface area contributed by atoms with Crippen LogP contribution in [-0.4, -0.2) is 34.2 Å². The van der Waals surface area contributed by atoms with Gasteiger partial charge in [-0.25, -0.2) is 4.99 Å². The Hall–Kier alpha value is -2.15. The number of carbonyl (C=O) groups excluding carboxylic acids is 1. The number of phenols is 1. The smallest absolute Gasteiger partial charge is 0.266 e. The second-order valence-electron chi connectivity index (χ2n) is 5.81. The monoisotopic (exact) mass is 436 g/mol. The number of phenolic OH excluding ortho intramolecular Hbond substituents is 1. The third kappa shape index (κ3) is 4.46. The lowest BCUT2D eigenvalue weighted by molar-refractivity contribution is -0.122. The van der Waals surface area contributed by atoms with Gasteiger partial charge >= 0.3 is 0 Å². The van der Waals surface area contributed by atoms with Crippen LogP contribution in [0.3, 0.4) is 0 Å². The molecule has 146 valence electrons. The van der Waals surface area contributed by atoms with Crippen LogP contribution in [0.2, 0.25) is 10.0 Å². The van der Waals surface area contributed by atoms with Crippen LogP contribution in [0.4, 0.5) is 5.69 Å². The van der Waals surface area contributed by atoms with E-state index in [-0.39, 0.29) is 16.7 Å². The molecule has 1 aliphatic rings. The molecule has 2 aromatic rings. The van der Waals surface area contributed by atoms with E-state index in [1.807, 2.05) is 38.1 Å². The minimum Gasteiger partial charge on any atom is -0.506 e. The van der Waals surface area contributed by atoms with Crippen molar-refractivity contribution in [2.24, 2.45) is 4.99 Å². The summed E-state index contributed by atoms with van der Waals surface area (Å²) in [5.74, 6) is 0.461. The summed E-state index contributed by atoms with van der Waals surface area (Å²) >= 11 is 13.2. The van der Waals surface area contributed by atoms with Crippen LogP contribution in [0.1, 0.15) is 19.4 Å². The largest absolute Gasteiger partial charge is 0.506 e. The Labute approximate surface area is 177 Å². The number of aromatic hydroxyl groups is 1. The normalized spacial score (nSPS) is 17.0. The Morgan fingerprint density at radius 3 is 2.57 bits per heavy atom. The van der Waals surface area contributed by atoms with Gasteiger partial charge in [0.15, 0.2) is 5.17 Å². The van der Waals surface area contributed by atoms with Gasteiger partial charge in [-0.2, -0.15) is 0 Å². The predicted octanol–water partition coefficient (Wildman–Crippen LogP) is 5.72. The molecular weight excluding hydrogens is 419 g/mol. The fourth-order valence-electron chi connectivity index (χ4n) is 2.60. The molecule has 1 amide bonds. The van der Waals surface area contributed by atoms with Gasteiger partial charge in [0.2, 0.25) is 0 Å². The molecule has 0 atom stereocenters. The molecular formula is C20H18Cl2N2O3S. The molecule has 1 saturated heterocycles. The number of amides is 1. The SMILES string of the molecule is CCOc1ccc(N=C2S/C(=C/c3cc(Cl)cc(Cl)c3O)C(=O)N2CC)cc1. The number of carbonyl (C=O) groups is 1. The van der Waals surface area contributed by atoms with Crippen molar-refractivity contribution in [1.29, 1.82) is 0 Å². The molecule has 0 aliphatic carbocycles. The molecule has 1 N–H and O–H groups in total. The summed E-state index contributed by atoms with van der Waals surface area (Å²) in [5.41, 5.74) is 1.10. The molecule has 0 saturated carbocycles. The molecule has 0 unspecified atom stereocenters. The zero-order valence-electron chi connectivity index (χ0n) is 15.3. The van der Waals surface area contributed by atoms with E-state index >= 15 is 0 Å². The Bertz CT molecular complexity index is 959. The quantitative estimate of drug-likeness (QED) is 0.608. The third-order valence-electron chi connectivity index (χ3n) is 3.92. The topological polar surface area (TPSA) is 62.1 Å². The summed E-state index contributed by atoms with van der Waals surface area (Å²) in [6.07, 6.45) is 1.57. The number of thioether (sulfide) groups is 1. The minimum atomic E-state index is -0.187. The molecule has 8 heteroatoms. The van der Waals surface area contributed by atoms with E-state index in [1.54, 1.807) is 17.0 Å². The first-order valence-electron chi connectivity index (χ1n) is 8.64. The molecule has 0 radical (unpaired) electrons. The standard InChI is InChI=1S/C20H18Cl2N2O3S/c1-3-24-19(26)17(10-12-9-13(21)11-16(22)18(12)25)28-20(24)23-14-5-7-15(8-6-14)27-4-2/h5-11,25H,3-4H2,1-2H3/b17-10+,23-20?. The van der Waals surface area contributed by atoms with Crippen LogP contribution in [0.5, 0.6) is 11.5 Å². The Balaban J connectivity index is 1.92. The highest BCUT2D eigenvalue weighted by Gasteiger charge is 2.32. The number of likely N-dealkylation sites (N-methyl/N-ethyl adjacent to an activating group) is 1. The zero-order valence-corrected chi connectivity index (χ0v) is 17.6. The van der Waals surface area contributed by atoms with Crippen molar-refractivity contribution in [2.75, 3.05) is 13.2 Å². The second kappa shape index (κ2) is 8.90. The van der Waals surface area contributed by atoms with Gasteiger partial charge in [-0.15, -0.1) is 0 Å².